The molecule has 0 fully saturated rings. The molecule has 0 atom stereocenters. The number of allylic oxidation sites excluding steroid dienone is 1. The molecule has 3 N–H and O–H groups in total. The van der Waals surface area contributed by atoms with Gasteiger partial charge in [0.2, 0.25) is 0 Å². The van der Waals surface area contributed by atoms with E-state index in [2.05, 4.69) is 23.1 Å². The van der Waals surface area contributed by atoms with E-state index in [9.17, 15) is 0 Å². The van der Waals surface area contributed by atoms with E-state index in [1.165, 1.54) is 0 Å². The lowest BCUT2D eigenvalue weighted by Crippen LogP contribution is -2.23. The van der Waals surface area contributed by atoms with E-state index < -0.39 is 0 Å². The fraction of sp³-hybridized carbons (Fsp3) is 0.667. The van der Waals surface area contributed by atoms with Crippen LogP contribution in [0.5, 0.6) is 0 Å². The SMILES string of the molecule is CCN/C(C)=C\NNC. The third-order valence-corrected chi connectivity index (χ3v) is 0.889. The standard InChI is InChI=1S/C6H15N3/c1-4-8-6(2)5-9-7-3/h5,7-9H,4H2,1-3H3/b6-5-. The lowest BCUT2D eigenvalue weighted by atomic mass is 10.5. The van der Waals surface area contributed by atoms with Crippen molar-refractivity contribution in [2.75, 3.05) is 13.6 Å². The Bertz CT molecular complexity index is 88.3. The minimum atomic E-state index is 0.966. The summed E-state index contributed by atoms with van der Waals surface area (Å²) in [5.41, 5.74) is 6.78. The van der Waals surface area contributed by atoms with Crippen LogP contribution < -0.4 is 16.2 Å². The maximum Gasteiger partial charge on any atom is 0.0312 e. The molecule has 0 spiro atoms. The molecule has 9 heavy (non-hydrogen) atoms. The molecule has 0 saturated carbocycles. The number of hydrogen-bond donors (Lipinski definition) is 3. The Kier molecular flexibility index (Phi) is 5.01. The van der Waals surface area contributed by atoms with E-state index >= 15 is 0 Å². The van der Waals surface area contributed by atoms with Gasteiger partial charge in [-0.05, 0) is 13.8 Å². The van der Waals surface area contributed by atoms with E-state index in [1.54, 1.807) is 0 Å². The Morgan fingerprint density at radius 2 is 2.22 bits per heavy atom. The molecule has 0 radical (unpaired) electrons. The summed E-state index contributed by atoms with van der Waals surface area (Å²) in [6.45, 7) is 5.04. The Morgan fingerprint density at radius 3 is 2.67 bits per heavy atom. The summed E-state index contributed by atoms with van der Waals surface area (Å²) in [7, 11) is 1.83. The average Bonchev–Trinajstić information content (AvgIpc) is 1.85. The molecule has 0 saturated heterocycles. The molecule has 0 bridgehead atoms. The number of hydrogen-bond acceptors (Lipinski definition) is 3. The smallest absolute Gasteiger partial charge is 0.0312 e. The molecule has 0 heterocycles. The maximum atomic E-state index is 3.14. The van der Waals surface area contributed by atoms with E-state index in [4.69, 9.17) is 0 Å². The van der Waals surface area contributed by atoms with Crippen molar-refractivity contribution in [2.24, 2.45) is 0 Å². The van der Waals surface area contributed by atoms with Crippen molar-refractivity contribution in [3.63, 3.8) is 0 Å². The lowest BCUT2D eigenvalue weighted by Gasteiger charge is -2.02. The monoisotopic (exact) mass is 129 g/mol. The molecule has 0 aliphatic rings. The molecular formula is C6H15N3. The predicted octanol–water partition coefficient (Wildman–Crippen LogP) is 0.181. The van der Waals surface area contributed by atoms with Crippen LogP contribution >= 0.6 is 0 Å². The van der Waals surface area contributed by atoms with Gasteiger partial charge in [0.25, 0.3) is 0 Å². The largest absolute Gasteiger partial charge is 0.388 e. The van der Waals surface area contributed by atoms with Crippen molar-refractivity contribution in [1.29, 1.82) is 0 Å². The van der Waals surface area contributed by atoms with Crippen LogP contribution in [-0.4, -0.2) is 13.6 Å². The van der Waals surface area contributed by atoms with Gasteiger partial charge < -0.3 is 10.7 Å². The minimum Gasteiger partial charge on any atom is -0.388 e. The fourth-order valence-corrected chi connectivity index (χ4v) is 0.510. The third-order valence-electron chi connectivity index (χ3n) is 0.889. The molecule has 0 aromatic rings. The zero-order valence-electron chi connectivity index (χ0n) is 6.28. The van der Waals surface area contributed by atoms with Crippen molar-refractivity contribution in [3.8, 4) is 0 Å². The molecule has 0 amide bonds. The quantitative estimate of drug-likeness (QED) is 0.474. The molecular weight excluding hydrogens is 114 g/mol. The van der Waals surface area contributed by atoms with Crippen LogP contribution in [0.2, 0.25) is 0 Å². The summed E-state index contributed by atoms with van der Waals surface area (Å²) in [4.78, 5) is 0. The van der Waals surface area contributed by atoms with E-state index in [-0.39, 0.29) is 0 Å². The minimum absolute atomic E-state index is 0.966. The van der Waals surface area contributed by atoms with Gasteiger partial charge in [0.15, 0.2) is 0 Å². The van der Waals surface area contributed by atoms with Crippen LogP contribution in [0.4, 0.5) is 0 Å². The van der Waals surface area contributed by atoms with Gasteiger partial charge >= 0.3 is 0 Å². The van der Waals surface area contributed by atoms with Crippen LogP contribution in [0.1, 0.15) is 13.8 Å². The van der Waals surface area contributed by atoms with Crippen molar-refractivity contribution < 1.29 is 0 Å². The summed E-state index contributed by atoms with van der Waals surface area (Å²) in [6, 6.07) is 0. The van der Waals surface area contributed by atoms with Gasteiger partial charge in [0.05, 0.1) is 0 Å². The van der Waals surface area contributed by atoms with Crippen LogP contribution in [-0.2, 0) is 0 Å². The molecule has 3 nitrogen and oxygen atoms in total. The summed E-state index contributed by atoms with van der Waals surface area (Å²) in [6.07, 6.45) is 1.88. The van der Waals surface area contributed by atoms with Gasteiger partial charge in [-0.3, -0.25) is 0 Å². The second-order valence-corrected chi connectivity index (χ2v) is 1.75. The summed E-state index contributed by atoms with van der Waals surface area (Å²) < 4.78 is 0. The Balaban J connectivity index is 3.30. The topological polar surface area (TPSA) is 36.1 Å². The molecule has 3 heteroatoms. The highest BCUT2D eigenvalue weighted by Crippen LogP contribution is 1.78. The van der Waals surface area contributed by atoms with Crippen LogP contribution in [0.3, 0.4) is 0 Å². The van der Waals surface area contributed by atoms with Gasteiger partial charge in [-0.25, -0.2) is 5.43 Å². The van der Waals surface area contributed by atoms with E-state index in [0.717, 1.165) is 12.2 Å². The number of hydrazine groups is 1. The molecule has 0 aliphatic heterocycles. The fourth-order valence-electron chi connectivity index (χ4n) is 0.510. The summed E-state index contributed by atoms with van der Waals surface area (Å²) in [5, 5.41) is 3.14. The van der Waals surface area contributed by atoms with Crippen LogP contribution in [0.25, 0.3) is 0 Å². The first-order valence-electron chi connectivity index (χ1n) is 3.14. The second-order valence-electron chi connectivity index (χ2n) is 1.75. The highest BCUT2D eigenvalue weighted by atomic mass is 15.3. The molecule has 0 aromatic carbocycles. The van der Waals surface area contributed by atoms with Crippen molar-refractivity contribution in [2.45, 2.75) is 13.8 Å². The summed E-state index contributed by atoms with van der Waals surface area (Å²) in [5.74, 6) is 0. The predicted molar refractivity (Wildman–Crippen MR) is 39.6 cm³/mol. The van der Waals surface area contributed by atoms with Gasteiger partial charge in [-0.2, -0.15) is 0 Å². The Hall–Kier alpha value is -0.700. The van der Waals surface area contributed by atoms with Gasteiger partial charge in [-0.15, -0.1) is 0 Å². The molecule has 0 aromatic heterocycles. The first-order chi connectivity index (χ1) is 4.31. The average molecular weight is 129 g/mol. The lowest BCUT2D eigenvalue weighted by molar-refractivity contribution is 0.711. The van der Waals surface area contributed by atoms with Crippen LogP contribution in [0.15, 0.2) is 11.9 Å². The highest BCUT2D eigenvalue weighted by Gasteiger charge is 1.79. The highest BCUT2D eigenvalue weighted by molar-refractivity contribution is 4.91. The second kappa shape index (κ2) is 5.44. The maximum absolute atomic E-state index is 3.14. The number of rotatable bonds is 4. The molecule has 54 valence electrons. The normalized spacial score (nSPS) is 11.2. The van der Waals surface area contributed by atoms with Crippen molar-refractivity contribution >= 4 is 0 Å². The van der Waals surface area contributed by atoms with E-state index in [1.807, 2.05) is 20.2 Å². The molecule has 0 aliphatic carbocycles. The first kappa shape index (κ1) is 8.30. The van der Waals surface area contributed by atoms with Crippen LogP contribution in [0, 0.1) is 0 Å². The Labute approximate surface area is 56.5 Å². The van der Waals surface area contributed by atoms with Crippen molar-refractivity contribution in [3.05, 3.63) is 11.9 Å². The first-order valence-corrected chi connectivity index (χ1v) is 3.14. The zero-order chi connectivity index (χ0) is 7.11. The zero-order valence-corrected chi connectivity index (χ0v) is 6.28. The third kappa shape index (κ3) is 5.17. The van der Waals surface area contributed by atoms with Gasteiger partial charge in [0.1, 0.15) is 0 Å². The molecule has 0 rings (SSSR count). The molecule has 0 unspecified atom stereocenters. The van der Waals surface area contributed by atoms with E-state index in [0.29, 0.717) is 0 Å². The van der Waals surface area contributed by atoms with Crippen molar-refractivity contribution in [1.82, 2.24) is 16.2 Å². The number of nitrogens with one attached hydrogen (secondary N) is 3. The summed E-state index contributed by atoms with van der Waals surface area (Å²) >= 11 is 0. The van der Waals surface area contributed by atoms with Gasteiger partial charge in [0, 0.05) is 25.5 Å². The van der Waals surface area contributed by atoms with Gasteiger partial charge in [-0.1, -0.05) is 0 Å². The Morgan fingerprint density at radius 1 is 1.56 bits per heavy atom.